The van der Waals surface area contributed by atoms with Gasteiger partial charge in [-0.05, 0) is 55.0 Å². The average Bonchev–Trinajstić information content (AvgIpc) is 3.01. The molecule has 0 aromatic heterocycles. The molecule has 1 aliphatic carbocycles. The van der Waals surface area contributed by atoms with Crippen LogP contribution in [0.3, 0.4) is 0 Å². The topological polar surface area (TPSA) is 37.4 Å². The van der Waals surface area contributed by atoms with Gasteiger partial charge in [0.25, 0.3) is 0 Å². The zero-order valence-electron chi connectivity index (χ0n) is 13.0. The molecule has 2 aromatic rings. The molecule has 3 rings (SSSR count). The summed E-state index contributed by atoms with van der Waals surface area (Å²) in [4.78, 5) is 0.401. The molecule has 0 spiro atoms. The highest BCUT2D eigenvalue weighted by Gasteiger charge is 2.27. The Kier molecular flexibility index (Phi) is 4.06. The van der Waals surface area contributed by atoms with E-state index in [1.165, 1.54) is 15.4 Å². The molecular formula is C18H21NO2S. The van der Waals surface area contributed by atoms with Crippen molar-refractivity contribution >= 4 is 10.0 Å². The van der Waals surface area contributed by atoms with Crippen molar-refractivity contribution in [3.8, 4) is 0 Å². The Balaban J connectivity index is 1.92. The minimum atomic E-state index is -3.47. The SMILES string of the molecule is CC(c1ccccc1)N(C)S(=O)(=O)c1ccc2c(c1)CCC2. The maximum absolute atomic E-state index is 12.9. The van der Waals surface area contributed by atoms with Gasteiger partial charge in [0.1, 0.15) is 0 Å². The first-order valence-electron chi connectivity index (χ1n) is 7.65. The third-order valence-corrected chi connectivity index (χ3v) is 6.50. The van der Waals surface area contributed by atoms with Crippen LogP contribution >= 0.6 is 0 Å². The lowest BCUT2D eigenvalue weighted by molar-refractivity contribution is 0.398. The maximum atomic E-state index is 12.9. The van der Waals surface area contributed by atoms with Gasteiger partial charge in [-0.25, -0.2) is 8.42 Å². The third kappa shape index (κ3) is 2.69. The van der Waals surface area contributed by atoms with Crippen LogP contribution in [0.2, 0.25) is 0 Å². The lowest BCUT2D eigenvalue weighted by atomic mass is 10.1. The summed E-state index contributed by atoms with van der Waals surface area (Å²) in [5, 5.41) is 0. The summed E-state index contributed by atoms with van der Waals surface area (Å²) in [6, 6.07) is 15.1. The van der Waals surface area contributed by atoms with Crippen molar-refractivity contribution in [3.63, 3.8) is 0 Å². The van der Waals surface area contributed by atoms with E-state index in [1.807, 2.05) is 49.4 Å². The number of hydrogen-bond donors (Lipinski definition) is 0. The van der Waals surface area contributed by atoms with Crippen molar-refractivity contribution in [2.45, 2.75) is 37.1 Å². The predicted octanol–water partition coefficient (Wildman–Crippen LogP) is 3.56. The van der Waals surface area contributed by atoms with Crippen LogP contribution in [-0.4, -0.2) is 19.8 Å². The Labute approximate surface area is 132 Å². The highest BCUT2D eigenvalue weighted by molar-refractivity contribution is 7.89. The van der Waals surface area contributed by atoms with Gasteiger partial charge >= 0.3 is 0 Å². The summed E-state index contributed by atoms with van der Waals surface area (Å²) in [7, 11) is -1.82. The smallest absolute Gasteiger partial charge is 0.207 e. The summed E-state index contributed by atoms with van der Waals surface area (Å²) < 4.78 is 27.2. The fourth-order valence-electron chi connectivity index (χ4n) is 3.02. The van der Waals surface area contributed by atoms with Crippen molar-refractivity contribution < 1.29 is 8.42 Å². The van der Waals surface area contributed by atoms with Crippen LogP contribution in [0, 0.1) is 0 Å². The van der Waals surface area contributed by atoms with Crippen LogP contribution in [-0.2, 0) is 22.9 Å². The average molecular weight is 315 g/mol. The molecule has 3 nitrogen and oxygen atoms in total. The number of sulfonamides is 1. The van der Waals surface area contributed by atoms with Gasteiger partial charge in [-0.2, -0.15) is 4.31 Å². The quantitative estimate of drug-likeness (QED) is 0.865. The molecule has 1 unspecified atom stereocenters. The first-order valence-corrected chi connectivity index (χ1v) is 9.09. The van der Waals surface area contributed by atoms with Gasteiger partial charge in [-0.1, -0.05) is 36.4 Å². The predicted molar refractivity (Wildman–Crippen MR) is 88.3 cm³/mol. The van der Waals surface area contributed by atoms with E-state index >= 15 is 0 Å². The van der Waals surface area contributed by atoms with E-state index in [0.717, 1.165) is 24.8 Å². The molecule has 1 aliphatic rings. The third-order valence-electron chi connectivity index (χ3n) is 4.57. The van der Waals surface area contributed by atoms with E-state index in [2.05, 4.69) is 0 Å². The van der Waals surface area contributed by atoms with Gasteiger partial charge < -0.3 is 0 Å². The second-order valence-electron chi connectivity index (χ2n) is 5.89. The number of aryl methyl sites for hydroxylation is 2. The maximum Gasteiger partial charge on any atom is 0.243 e. The highest BCUT2D eigenvalue weighted by atomic mass is 32.2. The molecule has 116 valence electrons. The molecule has 0 amide bonds. The summed E-state index contributed by atoms with van der Waals surface area (Å²) >= 11 is 0. The Morgan fingerprint density at radius 2 is 1.68 bits per heavy atom. The molecule has 0 saturated heterocycles. The molecule has 0 N–H and O–H groups in total. The molecule has 22 heavy (non-hydrogen) atoms. The summed E-state index contributed by atoms with van der Waals surface area (Å²) in [6.07, 6.45) is 3.16. The molecule has 0 bridgehead atoms. The number of nitrogens with zero attached hydrogens (tertiary/aromatic N) is 1. The van der Waals surface area contributed by atoms with Gasteiger partial charge in [0.2, 0.25) is 10.0 Å². The van der Waals surface area contributed by atoms with Crippen LogP contribution in [0.5, 0.6) is 0 Å². The molecule has 0 saturated carbocycles. The Hall–Kier alpha value is -1.65. The van der Waals surface area contributed by atoms with Crippen LogP contribution in [0.1, 0.15) is 36.1 Å². The normalized spacial score (nSPS) is 15.8. The number of fused-ring (bicyclic) bond motifs is 1. The van der Waals surface area contributed by atoms with Gasteiger partial charge in [-0.3, -0.25) is 0 Å². The van der Waals surface area contributed by atoms with Crippen LogP contribution in [0.4, 0.5) is 0 Å². The minimum absolute atomic E-state index is 0.195. The van der Waals surface area contributed by atoms with Crippen molar-refractivity contribution in [2.24, 2.45) is 0 Å². The Morgan fingerprint density at radius 3 is 2.41 bits per heavy atom. The summed E-state index contributed by atoms with van der Waals surface area (Å²) in [6.45, 7) is 1.92. The molecule has 1 atom stereocenters. The second kappa shape index (κ2) is 5.86. The second-order valence-corrected chi connectivity index (χ2v) is 7.89. The Morgan fingerprint density at radius 1 is 1.00 bits per heavy atom. The molecule has 2 aromatic carbocycles. The van der Waals surface area contributed by atoms with Crippen LogP contribution < -0.4 is 0 Å². The summed E-state index contributed by atoms with van der Waals surface area (Å²) in [5.41, 5.74) is 3.47. The van der Waals surface area contributed by atoms with Crippen molar-refractivity contribution in [3.05, 3.63) is 65.2 Å². The van der Waals surface area contributed by atoms with E-state index in [1.54, 1.807) is 13.1 Å². The highest BCUT2D eigenvalue weighted by Crippen LogP contribution is 2.29. The standard InChI is InChI=1S/C18H21NO2S/c1-14(15-7-4-3-5-8-15)19(2)22(20,21)18-12-11-16-9-6-10-17(16)13-18/h3-5,7-8,11-14H,6,9-10H2,1-2H3. The fourth-order valence-corrected chi connectivity index (χ4v) is 4.43. The first-order chi connectivity index (χ1) is 10.5. The molecule has 0 fully saturated rings. The van der Waals surface area contributed by atoms with E-state index in [-0.39, 0.29) is 6.04 Å². The minimum Gasteiger partial charge on any atom is -0.207 e. The van der Waals surface area contributed by atoms with Gasteiger partial charge in [0.05, 0.1) is 4.90 Å². The monoisotopic (exact) mass is 315 g/mol. The lowest BCUT2D eigenvalue weighted by Gasteiger charge is -2.25. The van der Waals surface area contributed by atoms with Gasteiger partial charge in [-0.15, -0.1) is 0 Å². The fraction of sp³-hybridized carbons (Fsp3) is 0.333. The summed E-state index contributed by atoms with van der Waals surface area (Å²) in [5.74, 6) is 0. The van der Waals surface area contributed by atoms with Crippen molar-refractivity contribution in [2.75, 3.05) is 7.05 Å². The van der Waals surface area contributed by atoms with Crippen molar-refractivity contribution in [1.82, 2.24) is 4.31 Å². The van der Waals surface area contributed by atoms with Crippen LogP contribution in [0.15, 0.2) is 53.4 Å². The van der Waals surface area contributed by atoms with E-state index in [9.17, 15) is 8.42 Å². The number of hydrogen-bond acceptors (Lipinski definition) is 2. The van der Waals surface area contributed by atoms with E-state index in [0.29, 0.717) is 4.90 Å². The molecule has 4 heteroatoms. The largest absolute Gasteiger partial charge is 0.243 e. The zero-order valence-corrected chi connectivity index (χ0v) is 13.8. The van der Waals surface area contributed by atoms with E-state index < -0.39 is 10.0 Å². The lowest BCUT2D eigenvalue weighted by Crippen LogP contribution is -2.29. The van der Waals surface area contributed by atoms with Crippen LogP contribution in [0.25, 0.3) is 0 Å². The number of benzene rings is 2. The Bertz CT molecular complexity index is 769. The van der Waals surface area contributed by atoms with Crippen molar-refractivity contribution in [1.29, 1.82) is 0 Å². The van der Waals surface area contributed by atoms with E-state index in [4.69, 9.17) is 0 Å². The molecular weight excluding hydrogens is 294 g/mol. The van der Waals surface area contributed by atoms with Gasteiger partial charge in [0, 0.05) is 13.1 Å². The first kappa shape index (κ1) is 15.3. The molecule has 0 aliphatic heterocycles. The van der Waals surface area contributed by atoms with Gasteiger partial charge in [0.15, 0.2) is 0 Å². The molecule has 0 radical (unpaired) electrons. The molecule has 0 heterocycles. The number of rotatable bonds is 4. The zero-order chi connectivity index (χ0) is 15.7.